The van der Waals surface area contributed by atoms with Gasteiger partial charge in [-0.3, -0.25) is 10.1 Å². The van der Waals surface area contributed by atoms with Crippen LogP contribution < -0.4 is 5.32 Å². The molecular weight excluding hydrogens is 248 g/mol. The van der Waals surface area contributed by atoms with E-state index in [2.05, 4.69) is 10.3 Å². The molecule has 0 aliphatic rings. The van der Waals surface area contributed by atoms with Gasteiger partial charge in [-0.1, -0.05) is 13.3 Å². The van der Waals surface area contributed by atoms with Crippen molar-refractivity contribution in [2.24, 2.45) is 0 Å². The van der Waals surface area contributed by atoms with Crippen molar-refractivity contribution in [2.45, 2.75) is 59.0 Å². The van der Waals surface area contributed by atoms with Gasteiger partial charge in [0.05, 0.1) is 10.7 Å². The van der Waals surface area contributed by atoms with Crippen molar-refractivity contribution in [3.05, 3.63) is 15.6 Å². The first-order valence-corrected chi connectivity index (χ1v) is 7.07. The Hall–Kier alpha value is -0.940. The lowest BCUT2D eigenvalue weighted by Gasteiger charge is -2.29. The molecule has 0 saturated heterocycles. The van der Waals surface area contributed by atoms with Gasteiger partial charge >= 0.3 is 5.97 Å². The standard InChI is InChI=1S/C13H22N2O2S/c1-6-7-13(5,12(16)17)15-8(2)11-9(3)18-10(4)14-11/h8,15H,6-7H2,1-5H3,(H,16,17). The molecule has 0 radical (unpaired) electrons. The summed E-state index contributed by atoms with van der Waals surface area (Å²) in [5, 5.41) is 13.6. The van der Waals surface area contributed by atoms with Crippen molar-refractivity contribution in [1.82, 2.24) is 10.3 Å². The minimum atomic E-state index is -0.891. The van der Waals surface area contributed by atoms with Crippen LogP contribution in [0.4, 0.5) is 0 Å². The first kappa shape index (κ1) is 15.1. The van der Waals surface area contributed by atoms with E-state index in [1.54, 1.807) is 18.3 Å². The lowest BCUT2D eigenvalue weighted by molar-refractivity contribution is -0.144. The molecule has 1 aromatic heterocycles. The Labute approximate surface area is 112 Å². The average Bonchev–Trinajstić information content (AvgIpc) is 2.57. The molecule has 1 heterocycles. The zero-order chi connectivity index (χ0) is 13.9. The quantitative estimate of drug-likeness (QED) is 0.834. The molecule has 2 N–H and O–H groups in total. The van der Waals surface area contributed by atoms with Crippen molar-refractivity contribution in [1.29, 1.82) is 0 Å². The number of hydrogen-bond donors (Lipinski definition) is 2. The Morgan fingerprint density at radius 1 is 1.56 bits per heavy atom. The van der Waals surface area contributed by atoms with Crippen LogP contribution in [-0.4, -0.2) is 21.6 Å². The fraction of sp³-hybridized carbons (Fsp3) is 0.692. The zero-order valence-electron chi connectivity index (χ0n) is 11.7. The number of nitrogens with one attached hydrogen (secondary N) is 1. The predicted octanol–water partition coefficient (Wildman–Crippen LogP) is 3.05. The maximum Gasteiger partial charge on any atom is 0.323 e. The van der Waals surface area contributed by atoms with Gasteiger partial charge in [-0.05, 0) is 34.1 Å². The van der Waals surface area contributed by atoms with Gasteiger partial charge < -0.3 is 5.11 Å². The number of carboxylic acids is 1. The number of carboxylic acid groups (broad SMARTS) is 1. The fourth-order valence-electron chi connectivity index (χ4n) is 2.23. The summed E-state index contributed by atoms with van der Waals surface area (Å²) >= 11 is 1.65. The van der Waals surface area contributed by atoms with Crippen LogP contribution >= 0.6 is 11.3 Å². The lowest BCUT2D eigenvalue weighted by atomic mass is 9.94. The summed E-state index contributed by atoms with van der Waals surface area (Å²) in [6.07, 6.45) is 1.44. The first-order valence-electron chi connectivity index (χ1n) is 6.25. The van der Waals surface area contributed by atoms with Crippen LogP contribution in [0.25, 0.3) is 0 Å². The van der Waals surface area contributed by atoms with Crippen LogP contribution in [0.1, 0.15) is 55.2 Å². The van der Waals surface area contributed by atoms with Crippen molar-refractivity contribution >= 4 is 17.3 Å². The van der Waals surface area contributed by atoms with Gasteiger partial charge in [-0.15, -0.1) is 11.3 Å². The Morgan fingerprint density at radius 2 is 2.17 bits per heavy atom. The number of carbonyl (C=O) groups is 1. The van der Waals surface area contributed by atoms with Crippen molar-refractivity contribution in [2.75, 3.05) is 0 Å². The van der Waals surface area contributed by atoms with E-state index in [0.29, 0.717) is 6.42 Å². The molecule has 0 amide bonds. The molecule has 1 rings (SSSR count). The number of aromatic nitrogens is 1. The third-order valence-corrected chi connectivity index (χ3v) is 4.01. The number of nitrogens with zero attached hydrogens (tertiary/aromatic N) is 1. The molecule has 0 saturated carbocycles. The molecular formula is C13H22N2O2S. The van der Waals surface area contributed by atoms with E-state index >= 15 is 0 Å². The second kappa shape index (κ2) is 5.80. The number of aryl methyl sites for hydroxylation is 2. The van der Waals surface area contributed by atoms with Gasteiger partial charge in [-0.25, -0.2) is 4.98 Å². The summed E-state index contributed by atoms with van der Waals surface area (Å²) in [6, 6.07) is -0.0531. The summed E-state index contributed by atoms with van der Waals surface area (Å²) < 4.78 is 0. The largest absolute Gasteiger partial charge is 0.480 e. The van der Waals surface area contributed by atoms with E-state index in [1.807, 2.05) is 27.7 Å². The van der Waals surface area contributed by atoms with Gasteiger partial charge in [-0.2, -0.15) is 0 Å². The molecule has 0 bridgehead atoms. The molecule has 0 spiro atoms. The fourth-order valence-corrected chi connectivity index (χ4v) is 3.15. The van der Waals surface area contributed by atoms with E-state index in [9.17, 15) is 9.90 Å². The van der Waals surface area contributed by atoms with E-state index in [1.165, 1.54) is 0 Å². The number of rotatable bonds is 6. The van der Waals surface area contributed by atoms with Gasteiger partial charge in [0, 0.05) is 10.9 Å². The molecule has 18 heavy (non-hydrogen) atoms. The third-order valence-electron chi connectivity index (χ3n) is 3.11. The highest BCUT2D eigenvalue weighted by molar-refractivity contribution is 7.11. The SMILES string of the molecule is CCCC(C)(NC(C)c1nc(C)sc1C)C(=O)O. The van der Waals surface area contributed by atoms with Gasteiger partial charge in [0.15, 0.2) is 0 Å². The molecule has 2 atom stereocenters. The minimum absolute atomic E-state index is 0.0531. The lowest BCUT2D eigenvalue weighted by Crippen LogP contribution is -2.50. The minimum Gasteiger partial charge on any atom is -0.480 e. The van der Waals surface area contributed by atoms with Gasteiger partial charge in [0.2, 0.25) is 0 Å². The van der Waals surface area contributed by atoms with Crippen LogP contribution in [0.3, 0.4) is 0 Å². The predicted molar refractivity (Wildman–Crippen MR) is 74.1 cm³/mol. The number of hydrogen-bond acceptors (Lipinski definition) is 4. The van der Waals surface area contributed by atoms with Gasteiger partial charge in [0.25, 0.3) is 0 Å². The third kappa shape index (κ3) is 3.29. The molecule has 0 aliphatic heterocycles. The molecule has 4 nitrogen and oxygen atoms in total. The van der Waals surface area contributed by atoms with Crippen molar-refractivity contribution < 1.29 is 9.90 Å². The summed E-state index contributed by atoms with van der Waals surface area (Å²) in [4.78, 5) is 17.0. The van der Waals surface area contributed by atoms with Crippen LogP contribution in [-0.2, 0) is 4.79 Å². The van der Waals surface area contributed by atoms with E-state index in [-0.39, 0.29) is 6.04 Å². The molecule has 0 aliphatic carbocycles. The number of aliphatic carboxylic acids is 1. The van der Waals surface area contributed by atoms with Crippen molar-refractivity contribution in [3.63, 3.8) is 0 Å². The maximum absolute atomic E-state index is 11.4. The highest BCUT2D eigenvalue weighted by Gasteiger charge is 2.34. The Morgan fingerprint density at radius 3 is 2.56 bits per heavy atom. The van der Waals surface area contributed by atoms with Crippen LogP contribution in [0.2, 0.25) is 0 Å². The van der Waals surface area contributed by atoms with Crippen LogP contribution in [0.15, 0.2) is 0 Å². The van der Waals surface area contributed by atoms with E-state index in [4.69, 9.17) is 0 Å². The summed E-state index contributed by atoms with van der Waals surface area (Å²) in [5.74, 6) is -0.805. The Bertz CT molecular complexity index is 431. The average molecular weight is 270 g/mol. The van der Waals surface area contributed by atoms with E-state index < -0.39 is 11.5 Å². The van der Waals surface area contributed by atoms with Crippen LogP contribution in [0.5, 0.6) is 0 Å². The molecule has 0 fully saturated rings. The Kier molecular flexibility index (Phi) is 4.87. The first-order chi connectivity index (χ1) is 8.30. The normalized spacial score (nSPS) is 16.3. The topological polar surface area (TPSA) is 62.2 Å². The summed E-state index contributed by atoms with van der Waals surface area (Å²) in [5.41, 5.74) is 0.0686. The van der Waals surface area contributed by atoms with E-state index in [0.717, 1.165) is 22.0 Å². The molecule has 5 heteroatoms. The van der Waals surface area contributed by atoms with Gasteiger partial charge in [0.1, 0.15) is 5.54 Å². The highest BCUT2D eigenvalue weighted by Crippen LogP contribution is 2.25. The maximum atomic E-state index is 11.4. The zero-order valence-corrected chi connectivity index (χ0v) is 12.5. The van der Waals surface area contributed by atoms with Crippen molar-refractivity contribution in [3.8, 4) is 0 Å². The molecule has 0 aromatic carbocycles. The highest BCUT2D eigenvalue weighted by atomic mass is 32.1. The smallest absolute Gasteiger partial charge is 0.323 e. The number of thiazole rings is 1. The molecule has 102 valence electrons. The summed E-state index contributed by atoms with van der Waals surface area (Å²) in [6.45, 7) is 9.69. The second-order valence-electron chi connectivity index (χ2n) is 4.93. The van der Waals surface area contributed by atoms with Crippen LogP contribution in [0, 0.1) is 13.8 Å². The second-order valence-corrected chi connectivity index (χ2v) is 6.33. The Balaban J connectivity index is 2.88. The monoisotopic (exact) mass is 270 g/mol. The molecule has 2 unspecified atom stereocenters. The molecule has 1 aromatic rings. The summed E-state index contributed by atoms with van der Waals surface area (Å²) in [7, 11) is 0.